The number of aromatic nitrogens is 5. The van der Waals surface area contributed by atoms with E-state index in [-0.39, 0.29) is 0 Å². The molecule has 1 aliphatic heterocycles. The molecule has 27 heavy (non-hydrogen) atoms. The third kappa shape index (κ3) is 2.80. The summed E-state index contributed by atoms with van der Waals surface area (Å²) in [6, 6.07) is 12.8. The lowest BCUT2D eigenvalue weighted by Gasteiger charge is -2.20. The van der Waals surface area contributed by atoms with Crippen LogP contribution in [0.5, 0.6) is 0 Å². The smallest absolute Gasteiger partial charge is 0.179 e. The van der Waals surface area contributed by atoms with Gasteiger partial charge in [0.15, 0.2) is 11.3 Å². The molecule has 6 nitrogen and oxygen atoms in total. The summed E-state index contributed by atoms with van der Waals surface area (Å²) in [7, 11) is 0. The Balaban J connectivity index is 1.53. The number of fused-ring (bicyclic) bond motifs is 3. The molecule has 0 saturated carbocycles. The van der Waals surface area contributed by atoms with E-state index in [2.05, 4.69) is 79.7 Å². The van der Waals surface area contributed by atoms with Gasteiger partial charge in [-0.3, -0.25) is 9.30 Å². The predicted octanol–water partition coefficient (Wildman–Crippen LogP) is 3.48. The second-order valence-corrected chi connectivity index (χ2v) is 7.92. The number of hydrogen-bond donors (Lipinski definition) is 1. The highest BCUT2D eigenvalue weighted by Gasteiger charge is 2.38. The highest BCUT2D eigenvalue weighted by molar-refractivity contribution is 5.74. The Labute approximate surface area is 158 Å². The van der Waals surface area contributed by atoms with Crippen LogP contribution < -0.4 is 0 Å². The third-order valence-electron chi connectivity index (χ3n) is 5.84. The first kappa shape index (κ1) is 16.4. The van der Waals surface area contributed by atoms with E-state index in [1.54, 1.807) is 6.20 Å². The molecule has 138 valence electrons. The molecular weight excluding hydrogens is 336 g/mol. The Kier molecular flexibility index (Phi) is 3.93. The van der Waals surface area contributed by atoms with Crippen molar-refractivity contribution in [1.82, 2.24) is 29.5 Å². The first-order valence-corrected chi connectivity index (χ1v) is 9.64. The van der Waals surface area contributed by atoms with Gasteiger partial charge in [-0.15, -0.1) is 10.2 Å². The van der Waals surface area contributed by atoms with Crippen LogP contribution in [-0.4, -0.2) is 42.6 Å². The summed E-state index contributed by atoms with van der Waals surface area (Å²) in [5.74, 6) is 2.57. The quantitative estimate of drug-likeness (QED) is 0.605. The molecular formula is C21H24N6. The fourth-order valence-electron chi connectivity index (χ4n) is 4.47. The molecule has 4 aromatic rings. The number of nitrogens with one attached hydrogen (secondary N) is 1. The van der Waals surface area contributed by atoms with Gasteiger partial charge in [-0.2, -0.15) is 0 Å². The van der Waals surface area contributed by atoms with E-state index in [1.807, 2.05) is 6.20 Å². The van der Waals surface area contributed by atoms with Crippen LogP contribution in [0.15, 0.2) is 48.8 Å². The monoisotopic (exact) mass is 360 g/mol. The van der Waals surface area contributed by atoms with Gasteiger partial charge in [-0.05, 0) is 23.5 Å². The van der Waals surface area contributed by atoms with Crippen molar-refractivity contribution in [3.05, 3.63) is 60.2 Å². The van der Waals surface area contributed by atoms with Crippen molar-refractivity contribution in [1.29, 1.82) is 0 Å². The molecule has 1 aliphatic rings. The Morgan fingerprint density at radius 3 is 2.78 bits per heavy atom. The van der Waals surface area contributed by atoms with Crippen LogP contribution in [0.2, 0.25) is 0 Å². The van der Waals surface area contributed by atoms with Crippen molar-refractivity contribution >= 4 is 16.8 Å². The van der Waals surface area contributed by atoms with Gasteiger partial charge in [-0.25, -0.2) is 4.98 Å². The average molecular weight is 360 g/mol. The number of benzene rings is 1. The second kappa shape index (κ2) is 6.46. The zero-order valence-corrected chi connectivity index (χ0v) is 15.7. The van der Waals surface area contributed by atoms with Crippen molar-refractivity contribution in [2.75, 3.05) is 13.1 Å². The molecule has 3 aromatic heterocycles. The van der Waals surface area contributed by atoms with Crippen molar-refractivity contribution in [2.45, 2.75) is 26.3 Å². The first-order chi connectivity index (χ1) is 13.2. The van der Waals surface area contributed by atoms with E-state index >= 15 is 0 Å². The number of aromatic amines is 1. The van der Waals surface area contributed by atoms with Crippen LogP contribution in [0, 0.1) is 11.8 Å². The van der Waals surface area contributed by atoms with E-state index in [0.717, 1.165) is 42.3 Å². The summed E-state index contributed by atoms with van der Waals surface area (Å²) in [4.78, 5) is 10.2. The lowest BCUT2D eigenvalue weighted by atomic mass is 9.85. The van der Waals surface area contributed by atoms with Crippen LogP contribution >= 0.6 is 0 Å². The lowest BCUT2D eigenvalue weighted by molar-refractivity contribution is 0.296. The Bertz CT molecular complexity index is 1060. The van der Waals surface area contributed by atoms with Gasteiger partial charge < -0.3 is 4.98 Å². The topological polar surface area (TPSA) is 62.1 Å². The highest BCUT2D eigenvalue weighted by Crippen LogP contribution is 2.37. The van der Waals surface area contributed by atoms with Crippen molar-refractivity contribution < 1.29 is 0 Å². The second-order valence-electron chi connectivity index (χ2n) is 7.92. The molecule has 0 bridgehead atoms. The van der Waals surface area contributed by atoms with Crippen LogP contribution in [0.1, 0.15) is 31.2 Å². The van der Waals surface area contributed by atoms with Crippen LogP contribution in [0.4, 0.5) is 0 Å². The molecule has 5 rings (SSSR count). The zero-order chi connectivity index (χ0) is 18.4. The summed E-state index contributed by atoms with van der Waals surface area (Å²) >= 11 is 0. The van der Waals surface area contributed by atoms with Gasteiger partial charge in [0, 0.05) is 31.7 Å². The Hall–Kier alpha value is -2.73. The molecule has 2 atom stereocenters. The first-order valence-electron chi connectivity index (χ1n) is 9.64. The van der Waals surface area contributed by atoms with E-state index in [1.165, 1.54) is 5.56 Å². The van der Waals surface area contributed by atoms with E-state index in [4.69, 9.17) is 0 Å². The Morgan fingerprint density at radius 2 is 1.96 bits per heavy atom. The minimum atomic E-state index is 0.365. The predicted molar refractivity (Wildman–Crippen MR) is 105 cm³/mol. The molecule has 0 unspecified atom stereocenters. The largest absolute Gasteiger partial charge is 0.345 e. The molecule has 0 aliphatic carbocycles. The summed E-state index contributed by atoms with van der Waals surface area (Å²) < 4.78 is 2.19. The molecule has 0 spiro atoms. The lowest BCUT2D eigenvalue weighted by Crippen LogP contribution is -2.21. The van der Waals surface area contributed by atoms with Crippen molar-refractivity contribution in [3.8, 4) is 0 Å². The maximum atomic E-state index is 4.61. The van der Waals surface area contributed by atoms with Crippen molar-refractivity contribution in [2.24, 2.45) is 11.8 Å². The highest BCUT2D eigenvalue weighted by atomic mass is 15.3. The summed E-state index contributed by atoms with van der Waals surface area (Å²) in [5, 5.41) is 9.03. The minimum absolute atomic E-state index is 0.365. The molecule has 4 heterocycles. The van der Waals surface area contributed by atoms with E-state index in [0.29, 0.717) is 17.8 Å². The van der Waals surface area contributed by atoms with E-state index in [9.17, 15) is 0 Å². The maximum Gasteiger partial charge on any atom is 0.179 e. The average Bonchev–Trinajstić information content (AvgIpc) is 3.39. The number of hydrogen-bond acceptors (Lipinski definition) is 4. The van der Waals surface area contributed by atoms with Gasteiger partial charge in [0.05, 0.1) is 11.7 Å². The summed E-state index contributed by atoms with van der Waals surface area (Å²) in [6.07, 6.45) is 3.73. The molecule has 0 radical (unpaired) electrons. The fraction of sp³-hybridized carbons (Fsp3) is 0.381. The van der Waals surface area contributed by atoms with Gasteiger partial charge >= 0.3 is 0 Å². The van der Waals surface area contributed by atoms with Crippen LogP contribution in [0.3, 0.4) is 0 Å². The fourth-order valence-corrected chi connectivity index (χ4v) is 4.47. The molecule has 1 N–H and O–H groups in total. The van der Waals surface area contributed by atoms with Gasteiger partial charge in [-0.1, -0.05) is 44.2 Å². The molecule has 1 aromatic carbocycles. The number of nitrogens with zero attached hydrogens (tertiary/aromatic N) is 5. The molecule has 6 heteroatoms. The standard InChI is InChI=1S/C21H24N6/c1-14(2)16-12-26(11-15-6-4-3-5-7-15)13-17(16)21-25-24-19-10-23-20-18(27(19)21)8-9-22-20/h3-10,14,16-17,22H,11-13H2,1-2H3/t16-,17-/m0/s1. The van der Waals surface area contributed by atoms with Gasteiger partial charge in [0.2, 0.25) is 0 Å². The molecule has 1 saturated heterocycles. The van der Waals surface area contributed by atoms with Gasteiger partial charge in [0.25, 0.3) is 0 Å². The third-order valence-corrected chi connectivity index (χ3v) is 5.84. The summed E-state index contributed by atoms with van der Waals surface area (Å²) in [5.41, 5.74) is 4.12. The maximum absolute atomic E-state index is 4.61. The molecule has 1 fully saturated rings. The summed E-state index contributed by atoms with van der Waals surface area (Å²) in [6.45, 7) is 7.72. The van der Waals surface area contributed by atoms with Gasteiger partial charge in [0.1, 0.15) is 5.82 Å². The zero-order valence-electron chi connectivity index (χ0n) is 15.7. The van der Waals surface area contributed by atoms with Crippen LogP contribution in [-0.2, 0) is 6.54 Å². The minimum Gasteiger partial charge on any atom is -0.345 e. The molecule has 0 amide bonds. The normalized spacial score (nSPS) is 21.0. The van der Waals surface area contributed by atoms with Crippen molar-refractivity contribution in [3.63, 3.8) is 0 Å². The number of likely N-dealkylation sites (tertiary alicyclic amines) is 1. The van der Waals surface area contributed by atoms with Crippen LogP contribution in [0.25, 0.3) is 16.8 Å². The number of H-pyrrole nitrogens is 1. The SMILES string of the molecule is CC(C)[C@@H]1CN(Cc2ccccc2)C[C@@H]1c1nnc2cnc3[nH]ccc3n12. The number of rotatable bonds is 4. The Morgan fingerprint density at radius 1 is 1.11 bits per heavy atom. The van der Waals surface area contributed by atoms with E-state index < -0.39 is 0 Å².